The maximum absolute atomic E-state index is 13.1. The van der Waals surface area contributed by atoms with Crippen molar-refractivity contribution in [1.82, 2.24) is 10.2 Å². The van der Waals surface area contributed by atoms with E-state index < -0.39 is 5.91 Å². The standard InChI is InChI=1S/C20H21FN4O2/c1-11-7-14(8-12(2)18(11)26)10-23-20-17(19(22)27)16(24-25-20)9-13-3-5-15(21)6-4-13/h3-8,26H,9-10H2,1-2H3,(H2,22,27)(H2,23,24,25). The molecule has 7 heteroatoms. The summed E-state index contributed by atoms with van der Waals surface area (Å²) in [5, 5.41) is 20.0. The van der Waals surface area contributed by atoms with E-state index in [9.17, 15) is 14.3 Å². The second kappa shape index (κ2) is 7.49. The summed E-state index contributed by atoms with van der Waals surface area (Å²) < 4.78 is 13.1. The first kappa shape index (κ1) is 18.4. The predicted octanol–water partition coefficient (Wildman–Crippen LogP) is 3.17. The summed E-state index contributed by atoms with van der Waals surface area (Å²) in [6.45, 7) is 4.08. The van der Waals surface area contributed by atoms with E-state index in [-0.39, 0.29) is 17.1 Å². The number of carbonyl (C=O) groups is 1. The van der Waals surface area contributed by atoms with Gasteiger partial charge < -0.3 is 16.2 Å². The first-order chi connectivity index (χ1) is 12.8. The number of H-pyrrole nitrogens is 1. The molecular weight excluding hydrogens is 347 g/mol. The highest BCUT2D eigenvalue weighted by Gasteiger charge is 2.18. The predicted molar refractivity (Wildman–Crippen MR) is 101 cm³/mol. The monoisotopic (exact) mass is 368 g/mol. The highest BCUT2D eigenvalue weighted by molar-refractivity contribution is 5.98. The summed E-state index contributed by atoms with van der Waals surface area (Å²) in [4.78, 5) is 11.9. The lowest BCUT2D eigenvalue weighted by atomic mass is 10.0. The summed E-state index contributed by atoms with van der Waals surface area (Å²) >= 11 is 0. The van der Waals surface area contributed by atoms with Gasteiger partial charge in [0.25, 0.3) is 5.91 Å². The topological polar surface area (TPSA) is 104 Å². The maximum atomic E-state index is 13.1. The third kappa shape index (κ3) is 4.08. The third-order valence-corrected chi connectivity index (χ3v) is 4.39. The van der Waals surface area contributed by atoms with Gasteiger partial charge in [-0.1, -0.05) is 24.3 Å². The number of aryl methyl sites for hydroxylation is 2. The largest absolute Gasteiger partial charge is 0.507 e. The van der Waals surface area contributed by atoms with Crippen molar-refractivity contribution in [3.63, 3.8) is 0 Å². The van der Waals surface area contributed by atoms with Crippen molar-refractivity contribution in [2.45, 2.75) is 26.8 Å². The number of amides is 1. The van der Waals surface area contributed by atoms with Crippen LogP contribution in [-0.2, 0) is 13.0 Å². The first-order valence-electron chi connectivity index (χ1n) is 8.49. The number of halogens is 1. The molecule has 0 atom stereocenters. The highest BCUT2D eigenvalue weighted by Crippen LogP contribution is 2.24. The van der Waals surface area contributed by atoms with Gasteiger partial charge in [0.05, 0.1) is 5.69 Å². The Hall–Kier alpha value is -3.35. The van der Waals surface area contributed by atoms with Crippen LogP contribution in [0.25, 0.3) is 0 Å². The molecule has 6 nitrogen and oxygen atoms in total. The molecule has 0 aliphatic carbocycles. The number of anilines is 1. The number of rotatable bonds is 6. The number of hydrogen-bond donors (Lipinski definition) is 4. The summed E-state index contributed by atoms with van der Waals surface area (Å²) in [5.41, 5.74) is 9.73. The molecule has 2 aromatic carbocycles. The summed E-state index contributed by atoms with van der Waals surface area (Å²) in [6, 6.07) is 9.76. The van der Waals surface area contributed by atoms with Gasteiger partial charge in [-0.2, -0.15) is 5.10 Å². The summed E-state index contributed by atoms with van der Waals surface area (Å²) in [5.74, 6) is -0.275. The van der Waals surface area contributed by atoms with E-state index in [1.54, 1.807) is 12.1 Å². The van der Waals surface area contributed by atoms with E-state index in [2.05, 4.69) is 15.5 Å². The fourth-order valence-corrected chi connectivity index (χ4v) is 3.04. The lowest BCUT2D eigenvalue weighted by Crippen LogP contribution is -2.15. The number of aromatic amines is 1. The summed E-state index contributed by atoms with van der Waals surface area (Å²) in [7, 11) is 0. The van der Waals surface area contributed by atoms with Gasteiger partial charge in [0.2, 0.25) is 0 Å². The van der Waals surface area contributed by atoms with Crippen LogP contribution in [0.2, 0.25) is 0 Å². The number of carbonyl (C=O) groups excluding carboxylic acids is 1. The average molecular weight is 368 g/mol. The van der Waals surface area contributed by atoms with Crippen molar-refractivity contribution in [2.24, 2.45) is 5.73 Å². The van der Waals surface area contributed by atoms with Gasteiger partial charge in [-0.05, 0) is 48.2 Å². The molecule has 140 valence electrons. The SMILES string of the molecule is Cc1cc(CNc2n[nH]c(Cc3ccc(F)cc3)c2C(N)=O)cc(C)c1O. The molecule has 0 saturated heterocycles. The Morgan fingerprint density at radius 2 is 1.81 bits per heavy atom. The Kier molecular flexibility index (Phi) is 5.12. The van der Waals surface area contributed by atoms with Gasteiger partial charge in [-0.3, -0.25) is 9.89 Å². The quantitative estimate of drug-likeness (QED) is 0.536. The second-order valence-electron chi connectivity index (χ2n) is 6.53. The molecule has 0 radical (unpaired) electrons. The molecule has 1 heterocycles. The molecule has 0 aliphatic rings. The Morgan fingerprint density at radius 1 is 1.19 bits per heavy atom. The van der Waals surface area contributed by atoms with Gasteiger partial charge in [0.15, 0.2) is 5.82 Å². The van der Waals surface area contributed by atoms with Crippen LogP contribution in [-0.4, -0.2) is 21.2 Å². The fourth-order valence-electron chi connectivity index (χ4n) is 3.04. The van der Waals surface area contributed by atoms with Crippen molar-refractivity contribution in [3.8, 4) is 5.75 Å². The molecule has 3 aromatic rings. The Balaban J connectivity index is 1.81. The molecule has 0 saturated carbocycles. The van der Waals surface area contributed by atoms with Crippen LogP contribution in [0.15, 0.2) is 36.4 Å². The maximum Gasteiger partial charge on any atom is 0.254 e. The Morgan fingerprint density at radius 3 is 2.41 bits per heavy atom. The lowest BCUT2D eigenvalue weighted by molar-refractivity contribution is 0.100. The Bertz CT molecular complexity index is 957. The molecule has 0 unspecified atom stereocenters. The molecule has 5 N–H and O–H groups in total. The molecule has 1 amide bonds. The minimum Gasteiger partial charge on any atom is -0.507 e. The second-order valence-corrected chi connectivity index (χ2v) is 6.53. The van der Waals surface area contributed by atoms with Crippen molar-refractivity contribution in [1.29, 1.82) is 0 Å². The molecule has 1 aromatic heterocycles. The zero-order valence-corrected chi connectivity index (χ0v) is 15.1. The van der Waals surface area contributed by atoms with Crippen molar-refractivity contribution in [2.75, 3.05) is 5.32 Å². The van der Waals surface area contributed by atoms with Crippen molar-refractivity contribution in [3.05, 3.63) is 75.7 Å². The van der Waals surface area contributed by atoms with E-state index in [0.29, 0.717) is 24.5 Å². The van der Waals surface area contributed by atoms with E-state index in [4.69, 9.17) is 5.73 Å². The zero-order valence-electron chi connectivity index (χ0n) is 15.1. The van der Waals surface area contributed by atoms with Gasteiger partial charge in [-0.15, -0.1) is 0 Å². The van der Waals surface area contributed by atoms with Crippen LogP contribution in [0.1, 0.15) is 38.3 Å². The fraction of sp³-hybridized carbons (Fsp3) is 0.200. The van der Waals surface area contributed by atoms with Gasteiger partial charge in [0, 0.05) is 13.0 Å². The third-order valence-electron chi connectivity index (χ3n) is 4.39. The minimum absolute atomic E-state index is 0.276. The van der Waals surface area contributed by atoms with Crippen LogP contribution < -0.4 is 11.1 Å². The first-order valence-corrected chi connectivity index (χ1v) is 8.49. The van der Waals surface area contributed by atoms with Crippen LogP contribution in [0.3, 0.4) is 0 Å². The number of nitrogens with one attached hydrogen (secondary N) is 2. The number of nitrogens with zero attached hydrogens (tertiary/aromatic N) is 1. The number of phenolic OH excluding ortho intramolecular Hbond substituents is 1. The molecule has 0 bridgehead atoms. The van der Waals surface area contributed by atoms with Crippen LogP contribution in [0.5, 0.6) is 5.75 Å². The number of benzene rings is 2. The van der Waals surface area contributed by atoms with E-state index in [0.717, 1.165) is 22.3 Å². The number of aromatic hydroxyl groups is 1. The molecule has 0 fully saturated rings. The normalized spacial score (nSPS) is 10.8. The summed E-state index contributed by atoms with van der Waals surface area (Å²) in [6.07, 6.45) is 0.380. The number of primary amides is 1. The van der Waals surface area contributed by atoms with E-state index >= 15 is 0 Å². The molecule has 3 rings (SSSR count). The number of phenols is 1. The minimum atomic E-state index is -0.596. The van der Waals surface area contributed by atoms with Crippen molar-refractivity contribution >= 4 is 11.7 Å². The van der Waals surface area contributed by atoms with Crippen molar-refractivity contribution < 1.29 is 14.3 Å². The number of hydrogen-bond acceptors (Lipinski definition) is 4. The number of aromatic nitrogens is 2. The molecular formula is C20H21FN4O2. The number of nitrogens with two attached hydrogens (primary N) is 1. The van der Waals surface area contributed by atoms with Crippen LogP contribution in [0.4, 0.5) is 10.2 Å². The smallest absolute Gasteiger partial charge is 0.254 e. The van der Waals surface area contributed by atoms with E-state index in [1.807, 2.05) is 26.0 Å². The zero-order chi connectivity index (χ0) is 19.6. The van der Waals surface area contributed by atoms with Gasteiger partial charge >= 0.3 is 0 Å². The molecule has 27 heavy (non-hydrogen) atoms. The highest BCUT2D eigenvalue weighted by atomic mass is 19.1. The molecule has 0 aliphatic heterocycles. The molecule has 0 spiro atoms. The van der Waals surface area contributed by atoms with Crippen LogP contribution >= 0.6 is 0 Å². The van der Waals surface area contributed by atoms with Gasteiger partial charge in [0.1, 0.15) is 17.1 Å². The average Bonchev–Trinajstić information content (AvgIpc) is 3.02. The van der Waals surface area contributed by atoms with Crippen LogP contribution in [0, 0.1) is 19.7 Å². The van der Waals surface area contributed by atoms with E-state index in [1.165, 1.54) is 12.1 Å². The lowest BCUT2D eigenvalue weighted by Gasteiger charge is -2.09. The van der Waals surface area contributed by atoms with Gasteiger partial charge in [-0.25, -0.2) is 4.39 Å². The Labute approximate surface area is 156 Å².